The first-order valence-electron chi connectivity index (χ1n) is 15.7. The quantitative estimate of drug-likeness (QED) is 0.222. The molecule has 0 unspecified atom stereocenters. The topological polar surface area (TPSA) is 201 Å². The molecule has 0 aliphatic carbocycles. The predicted molar refractivity (Wildman–Crippen MR) is 166 cm³/mol. The van der Waals surface area contributed by atoms with E-state index in [4.69, 9.17) is 10.5 Å². The third-order valence-electron chi connectivity index (χ3n) is 7.77. The molecule has 0 aromatic heterocycles. The standard InChI is InChI=1S/C31H47N7O7/c1-19(2)27-31(44)34-20(3)18-45-24-10-6-5-9-21(24)28(41)36-23(29(42)33-13-16-38-14-7-4-8-15-38)17-26(40)35-22(30(43)37-27)11-12-25(32)39/h5-6,9-10,19-20,22-23,27H,4,7-8,11-18H2,1-3H3,(H2,32,39)(H,33,42)(H,34,44)(H,35,40)(H,36,41)(H,37,43)/t20-,22-,23-,27+/m0/s1. The molecule has 14 heteroatoms. The van der Waals surface area contributed by atoms with Gasteiger partial charge in [0.2, 0.25) is 29.5 Å². The van der Waals surface area contributed by atoms with Crippen LogP contribution in [0.25, 0.3) is 0 Å². The SMILES string of the molecule is CC(C)[C@H]1NC(=O)[C@H](CCC(N)=O)NC(=O)C[C@@H](C(=O)NCCN2CCCCC2)NC(=O)c2ccccc2OC[C@H](C)NC1=O. The number of amides is 6. The molecule has 0 saturated carbocycles. The van der Waals surface area contributed by atoms with Crippen LogP contribution in [0.3, 0.4) is 0 Å². The molecule has 14 nitrogen and oxygen atoms in total. The molecule has 2 aliphatic heterocycles. The van der Waals surface area contributed by atoms with Crippen molar-refractivity contribution in [3.63, 3.8) is 0 Å². The summed E-state index contributed by atoms with van der Waals surface area (Å²) in [6.07, 6.45) is 2.55. The summed E-state index contributed by atoms with van der Waals surface area (Å²) in [5.74, 6) is -3.84. The van der Waals surface area contributed by atoms with Crippen LogP contribution in [0.2, 0.25) is 0 Å². The van der Waals surface area contributed by atoms with Gasteiger partial charge in [-0.2, -0.15) is 0 Å². The van der Waals surface area contributed by atoms with Crippen LogP contribution in [-0.4, -0.2) is 97.3 Å². The minimum atomic E-state index is -1.28. The number of benzene rings is 1. The van der Waals surface area contributed by atoms with Crippen LogP contribution in [0.15, 0.2) is 24.3 Å². The van der Waals surface area contributed by atoms with Crippen molar-refractivity contribution in [2.75, 3.05) is 32.8 Å². The molecular weight excluding hydrogens is 582 g/mol. The van der Waals surface area contributed by atoms with Crippen LogP contribution in [0, 0.1) is 5.92 Å². The summed E-state index contributed by atoms with van der Waals surface area (Å²) in [6, 6.07) is 2.48. The molecule has 45 heavy (non-hydrogen) atoms. The second-order valence-electron chi connectivity index (χ2n) is 12.0. The average Bonchev–Trinajstić information content (AvgIpc) is 3.00. The van der Waals surface area contributed by atoms with Crippen LogP contribution in [0.1, 0.15) is 69.7 Å². The Kier molecular flexibility index (Phi) is 13.6. The van der Waals surface area contributed by atoms with Crippen LogP contribution in [0.4, 0.5) is 0 Å². The highest BCUT2D eigenvalue weighted by Crippen LogP contribution is 2.19. The number of fused-ring (bicyclic) bond motifs is 1. The normalized spacial score (nSPS) is 24.2. The van der Waals surface area contributed by atoms with E-state index in [9.17, 15) is 28.8 Å². The summed E-state index contributed by atoms with van der Waals surface area (Å²) >= 11 is 0. The zero-order valence-corrected chi connectivity index (χ0v) is 26.4. The summed E-state index contributed by atoms with van der Waals surface area (Å²) in [7, 11) is 0. The Balaban J connectivity index is 1.88. The van der Waals surface area contributed by atoms with Crippen molar-refractivity contribution in [3.05, 3.63) is 29.8 Å². The number of primary amides is 1. The number of likely N-dealkylation sites (tertiary alicyclic amines) is 1. The van der Waals surface area contributed by atoms with Crippen molar-refractivity contribution in [3.8, 4) is 5.75 Å². The maximum atomic E-state index is 13.4. The van der Waals surface area contributed by atoms with Gasteiger partial charge in [-0.15, -0.1) is 0 Å². The highest BCUT2D eigenvalue weighted by atomic mass is 16.5. The molecule has 0 spiro atoms. The molecule has 3 rings (SSSR count). The molecule has 4 atom stereocenters. The van der Waals surface area contributed by atoms with E-state index >= 15 is 0 Å². The van der Waals surface area contributed by atoms with Crippen molar-refractivity contribution in [2.24, 2.45) is 11.7 Å². The maximum absolute atomic E-state index is 13.4. The summed E-state index contributed by atoms with van der Waals surface area (Å²) in [5.41, 5.74) is 5.45. The Morgan fingerprint density at radius 2 is 1.71 bits per heavy atom. The first kappa shape index (κ1) is 35.3. The fraction of sp³-hybridized carbons (Fsp3) is 0.613. The van der Waals surface area contributed by atoms with Crippen LogP contribution in [0.5, 0.6) is 5.75 Å². The van der Waals surface area contributed by atoms with Gasteiger partial charge in [0.15, 0.2) is 0 Å². The first-order valence-corrected chi connectivity index (χ1v) is 15.7. The minimum Gasteiger partial charge on any atom is -0.491 e. The van der Waals surface area contributed by atoms with E-state index in [0.717, 1.165) is 25.9 Å². The Hall–Kier alpha value is -4.20. The van der Waals surface area contributed by atoms with Crippen molar-refractivity contribution in [1.29, 1.82) is 0 Å². The Morgan fingerprint density at radius 3 is 2.40 bits per heavy atom. The highest BCUT2D eigenvalue weighted by molar-refractivity contribution is 6.01. The van der Waals surface area contributed by atoms with E-state index in [1.807, 2.05) is 0 Å². The van der Waals surface area contributed by atoms with E-state index in [0.29, 0.717) is 13.1 Å². The van der Waals surface area contributed by atoms with Crippen LogP contribution >= 0.6 is 0 Å². The lowest BCUT2D eigenvalue weighted by Gasteiger charge is -2.27. The number of hydrogen-bond donors (Lipinski definition) is 6. The molecule has 248 valence electrons. The second kappa shape index (κ2) is 17.3. The van der Waals surface area contributed by atoms with E-state index in [2.05, 4.69) is 31.5 Å². The molecule has 2 heterocycles. The van der Waals surface area contributed by atoms with Gasteiger partial charge in [-0.1, -0.05) is 32.4 Å². The van der Waals surface area contributed by atoms with Gasteiger partial charge in [0, 0.05) is 19.5 Å². The molecular formula is C31H47N7O7. The Morgan fingerprint density at radius 1 is 1.00 bits per heavy atom. The largest absolute Gasteiger partial charge is 0.491 e. The number of para-hydroxylation sites is 1. The van der Waals surface area contributed by atoms with Gasteiger partial charge in [0.05, 0.1) is 18.0 Å². The zero-order chi connectivity index (χ0) is 32.9. The molecule has 1 aromatic rings. The number of nitrogens with zero attached hydrogens (tertiary/aromatic N) is 1. The van der Waals surface area contributed by atoms with Crippen LogP contribution < -0.4 is 37.1 Å². The molecule has 2 aliphatic rings. The molecule has 1 aromatic carbocycles. The van der Waals surface area contributed by atoms with Gasteiger partial charge in [-0.05, 0) is 57.3 Å². The van der Waals surface area contributed by atoms with Gasteiger partial charge >= 0.3 is 0 Å². The van der Waals surface area contributed by atoms with Gasteiger partial charge < -0.3 is 42.0 Å². The summed E-state index contributed by atoms with van der Waals surface area (Å²) in [6.45, 7) is 8.09. The van der Waals surface area contributed by atoms with Gasteiger partial charge in [-0.3, -0.25) is 28.8 Å². The van der Waals surface area contributed by atoms with Crippen molar-refractivity contribution in [1.82, 2.24) is 31.5 Å². The number of nitrogens with one attached hydrogen (secondary N) is 5. The number of rotatable bonds is 8. The van der Waals surface area contributed by atoms with Gasteiger partial charge in [0.25, 0.3) is 5.91 Å². The number of nitrogens with two attached hydrogens (primary N) is 1. The second-order valence-corrected chi connectivity index (χ2v) is 12.0. The number of piperidine rings is 1. The van der Waals surface area contributed by atoms with E-state index in [1.165, 1.54) is 12.5 Å². The third-order valence-corrected chi connectivity index (χ3v) is 7.77. The van der Waals surface area contributed by atoms with Crippen molar-refractivity contribution in [2.45, 2.75) is 83.5 Å². The monoisotopic (exact) mass is 629 g/mol. The number of ether oxygens (including phenoxy) is 1. The van der Waals surface area contributed by atoms with Crippen molar-refractivity contribution >= 4 is 35.4 Å². The predicted octanol–water partition coefficient (Wildman–Crippen LogP) is -0.435. The minimum absolute atomic E-state index is 0.0104. The number of hydrogen-bond acceptors (Lipinski definition) is 8. The summed E-state index contributed by atoms with van der Waals surface area (Å²) < 4.78 is 5.89. The lowest BCUT2D eigenvalue weighted by atomic mass is 10.0. The summed E-state index contributed by atoms with van der Waals surface area (Å²) in [4.78, 5) is 80.4. The van der Waals surface area contributed by atoms with E-state index < -0.39 is 66.0 Å². The third kappa shape index (κ3) is 11.3. The average molecular weight is 630 g/mol. The molecule has 7 N–H and O–H groups in total. The Labute approximate surface area is 263 Å². The smallest absolute Gasteiger partial charge is 0.255 e. The lowest BCUT2D eigenvalue weighted by molar-refractivity contribution is -0.134. The number of carbonyl (C=O) groups excluding carboxylic acids is 6. The number of carbonyl (C=O) groups is 6. The highest BCUT2D eigenvalue weighted by Gasteiger charge is 2.32. The van der Waals surface area contributed by atoms with Crippen molar-refractivity contribution < 1.29 is 33.5 Å². The molecule has 0 bridgehead atoms. The fourth-order valence-corrected chi connectivity index (χ4v) is 5.24. The summed E-state index contributed by atoms with van der Waals surface area (Å²) in [5, 5.41) is 13.5. The van der Waals surface area contributed by atoms with E-state index in [-0.39, 0.29) is 36.7 Å². The van der Waals surface area contributed by atoms with Gasteiger partial charge in [-0.25, -0.2) is 0 Å². The van der Waals surface area contributed by atoms with Crippen LogP contribution in [-0.2, 0) is 24.0 Å². The zero-order valence-electron chi connectivity index (χ0n) is 26.4. The Bertz CT molecular complexity index is 1220. The first-order chi connectivity index (χ1) is 21.4. The molecule has 0 radical (unpaired) electrons. The van der Waals surface area contributed by atoms with Gasteiger partial charge in [0.1, 0.15) is 30.5 Å². The molecule has 6 amide bonds. The molecule has 1 saturated heterocycles. The molecule has 1 fully saturated rings. The maximum Gasteiger partial charge on any atom is 0.255 e. The fourth-order valence-electron chi connectivity index (χ4n) is 5.24. The lowest BCUT2D eigenvalue weighted by Crippen LogP contribution is -2.57. The van der Waals surface area contributed by atoms with E-state index in [1.54, 1.807) is 39.0 Å².